The number of carboxylic acids is 1. The molecule has 1 atom stereocenters. The minimum atomic E-state index is -4.27. The average molecular weight is 531 g/mol. The van der Waals surface area contributed by atoms with E-state index < -0.39 is 50.9 Å². The van der Waals surface area contributed by atoms with Crippen LogP contribution in [0.25, 0.3) is 0 Å². The summed E-state index contributed by atoms with van der Waals surface area (Å²) < 4.78 is 58.6. The Balaban J connectivity index is 1.50. The number of likely N-dealkylation sites (N-methyl/N-ethyl adjacent to an activating group) is 1. The lowest BCUT2D eigenvalue weighted by atomic mass is 10.2. The van der Waals surface area contributed by atoms with Gasteiger partial charge in [-0.2, -0.15) is 4.31 Å². The van der Waals surface area contributed by atoms with Gasteiger partial charge in [-0.1, -0.05) is 30.3 Å². The Hall–Kier alpha value is -3.74. The molecule has 0 radical (unpaired) electrons. The largest absolute Gasteiger partial charge is 0.480 e. The van der Waals surface area contributed by atoms with Crippen LogP contribution in [0.4, 0.5) is 0 Å². The van der Waals surface area contributed by atoms with Crippen molar-refractivity contribution < 1.29 is 36.3 Å². The summed E-state index contributed by atoms with van der Waals surface area (Å²) in [7, 11) is -7.33. The smallest absolute Gasteiger partial charge is 0.322 e. The summed E-state index contributed by atoms with van der Waals surface area (Å²) in [5, 5.41) is 9.73. The molecule has 0 spiro atoms. The van der Waals surface area contributed by atoms with E-state index in [0.717, 1.165) is 7.05 Å². The van der Waals surface area contributed by atoms with Gasteiger partial charge >= 0.3 is 5.97 Å². The molecule has 0 saturated heterocycles. The van der Waals surface area contributed by atoms with Crippen molar-refractivity contribution in [3.8, 4) is 11.5 Å². The van der Waals surface area contributed by atoms with Crippen molar-refractivity contribution in [3.63, 3.8) is 0 Å². The molecule has 1 heterocycles. The topological polar surface area (TPSA) is 138 Å². The third-order valence-electron chi connectivity index (χ3n) is 5.72. The van der Waals surface area contributed by atoms with E-state index in [1.54, 1.807) is 24.3 Å². The molecule has 12 heteroatoms. The van der Waals surface area contributed by atoms with Crippen molar-refractivity contribution in [2.75, 3.05) is 13.6 Å². The van der Waals surface area contributed by atoms with Crippen LogP contribution in [0.15, 0.2) is 88.7 Å². The molecule has 4 rings (SSSR count). The van der Waals surface area contributed by atoms with E-state index in [0.29, 0.717) is 20.1 Å². The van der Waals surface area contributed by atoms with E-state index in [-0.39, 0.29) is 15.4 Å². The number of carbonyl (C=O) groups excluding carboxylic acids is 1. The van der Waals surface area contributed by atoms with Crippen LogP contribution >= 0.6 is 0 Å². The summed E-state index contributed by atoms with van der Waals surface area (Å²) in [6.07, 6.45) is -0.445. The predicted molar refractivity (Wildman–Crippen MR) is 129 cm³/mol. The molecular weight excluding hydrogens is 508 g/mol. The van der Waals surface area contributed by atoms with Gasteiger partial charge in [-0.05, 0) is 55.0 Å². The van der Waals surface area contributed by atoms with E-state index in [4.69, 9.17) is 4.74 Å². The number of amides is 1. The molecule has 1 amide bonds. The fourth-order valence-corrected chi connectivity index (χ4v) is 6.72. The molecule has 0 saturated carbocycles. The number of hydrogen-bond donors (Lipinski definition) is 1. The first-order valence-corrected chi connectivity index (χ1v) is 13.6. The molecule has 10 nitrogen and oxygen atoms in total. The monoisotopic (exact) mass is 530 g/mol. The zero-order valence-electron chi connectivity index (χ0n) is 19.0. The van der Waals surface area contributed by atoms with Gasteiger partial charge in [-0.3, -0.25) is 9.59 Å². The summed E-state index contributed by atoms with van der Waals surface area (Å²) in [6, 6.07) is 18.4. The highest BCUT2D eigenvalue weighted by Crippen LogP contribution is 2.31. The van der Waals surface area contributed by atoms with Gasteiger partial charge in [0.2, 0.25) is 10.0 Å². The molecule has 0 bridgehead atoms. The number of aliphatic carboxylic acids is 1. The minimum absolute atomic E-state index is 0.0110. The fraction of sp³-hybridized carbons (Fsp3) is 0.167. The number of carboxylic acid groups (broad SMARTS) is 1. The van der Waals surface area contributed by atoms with Gasteiger partial charge in [-0.15, -0.1) is 0 Å². The summed E-state index contributed by atoms with van der Waals surface area (Å²) in [5.74, 6) is -1.32. The van der Waals surface area contributed by atoms with Crippen molar-refractivity contribution in [1.29, 1.82) is 0 Å². The average Bonchev–Trinajstić information content (AvgIpc) is 3.05. The van der Waals surface area contributed by atoms with E-state index in [1.807, 2.05) is 6.07 Å². The number of fused-ring (bicyclic) bond motifs is 1. The molecule has 0 aromatic heterocycles. The summed E-state index contributed by atoms with van der Waals surface area (Å²) in [5.41, 5.74) is -0.0110. The van der Waals surface area contributed by atoms with Gasteiger partial charge in [0.15, 0.2) is 0 Å². The Morgan fingerprint density at radius 2 is 1.56 bits per heavy atom. The molecule has 0 aliphatic carbocycles. The lowest BCUT2D eigenvalue weighted by Gasteiger charge is -2.26. The van der Waals surface area contributed by atoms with E-state index in [1.165, 1.54) is 48.5 Å². The molecule has 3 aromatic rings. The van der Waals surface area contributed by atoms with E-state index in [2.05, 4.69) is 0 Å². The Labute approximate surface area is 208 Å². The zero-order valence-corrected chi connectivity index (χ0v) is 20.6. The maximum atomic E-state index is 13.1. The van der Waals surface area contributed by atoms with Gasteiger partial charge in [0.25, 0.3) is 15.9 Å². The Morgan fingerprint density at radius 1 is 0.972 bits per heavy atom. The molecule has 188 valence electrons. The molecule has 0 fully saturated rings. The minimum Gasteiger partial charge on any atom is -0.480 e. The predicted octanol–water partition coefficient (Wildman–Crippen LogP) is 2.79. The first kappa shape index (κ1) is 25.4. The quantitative estimate of drug-likeness (QED) is 0.446. The second kappa shape index (κ2) is 9.72. The Morgan fingerprint density at radius 3 is 2.17 bits per heavy atom. The number of nitrogens with zero attached hydrogens (tertiary/aromatic N) is 2. The summed E-state index contributed by atoms with van der Waals surface area (Å²) in [4.78, 5) is 24.2. The van der Waals surface area contributed by atoms with Crippen molar-refractivity contribution in [2.45, 2.75) is 22.3 Å². The molecule has 1 N–H and O–H groups in total. The standard InChI is InChI=1S/C24H22N2O8S2/c1-25(35(30,31)19-13-11-18(12-14-19)34-17-7-3-2-4-8-17)21(24(28)29)15-16-26-23(27)20-9-5-6-10-22(20)36(26,32)33/h2-14,21H,15-16H2,1H3,(H,28,29). The summed E-state index contributed by atoms with van der Waals surface area (Å²) in [6.45, 7) is -0.503. The van der Waals surface area contributed by atoms with Crippen LogP contribution in [0.2, 0.25) is 0 Å². The maximum absolute atomic E-state index is 13.1. The summed E-state index contributed by atoms with van der Waals surface area (Å²) >= 11 is 0. The number of ether oxygens (including phenoxy) is 1. The van der Waals surface area contributed by atoms with Gasteiger partial charge in [0, 0.05) is 13.6 Å². The normalized spacial score (nSPS) is 15.5. The highest BCUT2D eigenvalue weighted by molar-refractivity contribution is 7.90. The molecule has 36 heavy (non-hydrogen) atoms. The maximum Gasteiger partial charge on any atom is 0.322 e. The van der Waals surface area contributed by atoms with Crippen LogP contribution in [0.3, 0.4) is 0 Å². The SMILES string of the molecule is CN(C(CCN1C(=O)c2ccccc2S1(=O)=O)C(=O)O)S(=O)(=O)c1ccc(Oc2ccccc2)cc1. The van der Waals surface area contributed by atoms with Crippen molar-refractivity contribution >= 4 is 31.9 Å². The fourth-order valence-electron chi connectivity index (χ4n) is 3.79. The first-order valence-electron chi connectivity index (χ1n) is 10.7. The number of carbonyl (C=O) groups is 2. The van der Waals surface area contributed by atoms with E-state index in [9.17, 15) is 31.5 Å². The second-order valence-electron chi connectivity index (χ2n) is 7.93. The van der Waals surface area contributed by atoms with Crippen LogP contribution in [0, 0.1) is 0 Å². The molecule has 1 aliphatic rings. The van der Waals surface area contributed by atoms with E-state index >= 15 is 0 Å². The van der Waals surface area contributed by atoms with Gasteiger partial charge in [0.05, 0.1) is 10.5 Å². The Kier molecular flexibility index (Phi) is 6.85. The third-order valence-corrected chi connectivity index (χ3v) is 9.44. The number of para-hydroxylation sites is 1. The number of sulfonamides is 2. The molecule has 1 unspecified atom stereocenters. The van der Waals surface area contributed by atoms with Crippen LogP contribution in [-0.4, -0.2) is 62.1 Å². The van der Waals surface area contributed by atoms with Crippen LogP contribution < -0.4 is 4.74 Å². The molecular formula is C24H22N2O8S2. The van der Waals surface area contributed by atoms with Gasteiger partial charge in [0.1, 0.15) is 22.4 Å². The van der Waals surface area contributed by atoms with Crippen molar-refractivity contribution in [2.24, 2.45) is 0 Å². The van der Waals surface area contributed by atoms with Gasteiger partial charge < -0.3 is 9.84 Å². The van der Waals surface area contributed by atoms with Crippen LogP contribution in [-0.2, 0) is 24.8 Å². The third kappa shape index (κ3) is 4.70. The highest BCUT2D eigenvalue weighted by Gasteiger charge is 2.42. The van der Waals surface area contributed by atoms with Crippen molar-refractivity contribution in [1.82, 2.24) is 8.61 Å². The van der Waals surface area contributed by atoms with Crippen molar-refractivity contribution in [3.05, 3.63) is 84.4 Å². The Bertz CT molecular complexity index is 1510. The zero-order chi connectivity index (χ0) is 26.1. The molecule has 3 aromatic carbocycles. The lowest BCUT2D eigenvalue weighted by Crippen LogP contribution is -2.45. The number of hydrogen-bond acceptors (Lipinski definition) is 7. The second-order valence-corrected chi connectivity index (χ2v) is 11.8. The lowest BCUT2D eigenvalue weighted by molar-refractivity contribution is -0.141. The number of benzene rings is 3. The van der Waals surface area contributed by atoms with Gasteiger partial charge in [-0.25, -0.2) is 21.1 Å². The van der Waals surface area contributed by atoms with Crippen LogP contribution in [0.5, 0.6) is 11.5 Å². The number of rotatable bonds is 9. The molecule has 1 aliphatic heterocycles. The highest BCUT2D eigenvalue weighted by atomic mass is 32.2. The van der Waals surface area contributed by atoms with Crippen LogP contribution in [0.1, 0.15) is 16.8 Å². The first-order chi connectivity index (χ1) is 17.0.